The fourth-order valence-corrected chi connectivity index (χ4v) is 7.00. The number of hydrogen-bond acceptors (Lipinski definition) is 7. The van der Waals surface area contributed by atoms with Gasteiger partial charge in [-0.2, -0.15) is 0 Å². The molecule has 2 fully saturated rings. The third-order valence-corrected chi connectivity index (χ3v) is 8.03. The summed E-state index contributed by atoms with van der Waals surface area (Å²) in [5, 5.41) is 19.7. The van der Waals surface area contributed by atoms with Crippen molar-refractivity contribution >= 4 is 41.2 Å². The molecule has 2 N–H and O–H groups in total. The van der Waals surface area contributed by atoms with E-state index < -0.39 is 18.0 Å². The zero-order valence-electron chi connectivity index (χ0n) is 14.8. The zero-order valence-corrected chi connectivity index (χ0v) is 16.4. The maximum absolute atomic E-state index is 12.4. The summed E-state index contributed by atoms with van der Waals surface area (Å²) in [5.41, 5.74) is 0.0795. The number of fused-ring (bicyclic) bond motifs is 1. The Morgan fingerprint density at radius 2 is 2.30 bits per heavy atom. The van der Waals surface area contributed by atoms with Crippen molar-refractivity contribution in [3.05, 3.63) is 34.3 Å². The van der Waals surface area contributed by atoms with Crippen LogP contribution in [0.5, 0.6) is 0 Å². The highest BCUT2D eigenvalue weighted by molar-refractivity contribution is 8.23. The SMILES string of the molecule is CCC(O)C1C(=O)N2C(C(=O)O)=C(SC3CCN(c4ccccn4)C3)SC12. The molecule has 0 aliphatic carbocycles. The lowest BCUT2D eigenvalue weighted by molar-refractivity contribution is -0.157. The van der Waals surface area contributed by atoms with Gasteiger partial charge in [0.1, 0.15) is 11.2 Å². The van der Waals surface area contributed by atoms with Gasteiger partial charge >= 0.3 is 5.97 Å². The molecule has 7 nitrogen and oxygen atoms in total. The number of rotatable bonds is 6. The van der Waals surface area contributed by atoms with Gasteiger partial charge in [-0.05, 0) is 25.0 Å². The van der Waals surface area contributed by atoms with Crippen molar-refractivity contribution in [3.63, 3.8) is 0 Å². The Morgan fingerprint density at radius 1 is 1.48 bits per heavy atom. The first-order chi connectivity index (χ1) is 13.0. The van der Waals surface area contributed by atoms with E-state index in [-0.39, 0.29) is 22.2 Å². The highest BCUT2D eigenvalue weighted by atomic mass is 32.2. The van der Waals surface area contributed by atoms with E-state index in [2.05, 4.69) is 9.88 Å². The maximum atomic E-state index is 12.4. The molecule has 3 aliphatic rings. The van der Waals surface area contributed by atoms with Gasteiger partial charge < -0.3 is 15.1 Å². The second-order valence-electron chi connectivity index (χ2n) is 6.82. The number of nitrogens with zero attached hydrogens (tertiary/aromatic N) is 3. The summed E-state index contributed by atoms with van der Waals surface area (Å²) in [5.74, 6) is -0.945. The van der Waals surface area contributed by atoms with Gasteiger partial charge in [0.05, 0.1) is 16.3 Å². The van der Waals surface area contributed by atoms with Crippen molar-refractivity contribution in [2.45, 2.75) is 36.5 Å². The molecule has 4 heterocycles. The molecule has 0 aromatic carbocycles. The summed E-state index contributed by atoms with van der Waals surface area (Å²) in [4.78, 5) is 32.1. The average Bonchev–Trinajstić information content (AvgIpc) is 3.25. The van der Waals surface area contributed by atoms with Crippen molar-refractivity contribution in [1.82, 2.24) is 9.88 Å². The van der Waals surface area contributed by atoms with Gasteiger partial charge in [0.15, 0.2) is 5.70 Å². The number of aliphatic hydroxyl groups is 1. The van der Waals surface area contributed by atoms with E-state index in [0.717, 1.165) is 25.3 Å². The van der Waals surface area contributed by atoms with Crippen LogP contribution < -0.4 is 4.90 Å². The van der Waals surface area contributed by atoms with E-state index in [0.29, 0.717) is 10.7 Å². The number of hydrogen-bond donors (Lipinski definition) is 2. The molecule has 4 atom stereocenters. The Bertz CT molecular complexity index is 788. The van der Waals surface area contributed by atoms with Crippen LogP contribution in [0.1, 0.15) is 19.8 Å². The van der Waals surface area contributed by atoms with E-state index in [9.17, 15) is 19.8 Å². The number of aliphatic hydroxyl groups excluding tert-OH is 1. The van der Waals surface area contributed by atoms with E-state index in [1.807, 2.05) is 25.1 Å². The minimum atomic E-state index is -1.08. The Hall–Kier alpha value is -1.71. The van der Waals surface area contributed by atoms with Crippen molar-refractivity contribution in [2.75, 3.05) is 18.0 Å². The van der Waals surface area contributed by atoms with Crippen LogP contribution in [0.2, 0.25) is 0 Å². The van der Waals surface area contributed by atoms with Crippen LogP contribution in [0.15, 0.2) is 34.3 Å². The summed E-state index contributed by atoms with van der Waals surface area (Å²) in [7, 11) is 0. The molecule has 1 aromatic heterocycles. The summed E-state index contributed by atoms with van der Waals surface area (Å²) in [6, 6.07) is 5.81. The molecular weight excluding hydrogens is 386 g/mol. The molecule has 1 amide bonds. The first kappa shape index (κ1) is 18.6. The van der Waals surface area contributed by atoms with Crippen LogP contribution in [0.25, 0.3) is 0 Å². The molecule has 4 unspecified atom stereocenters. The van der Waals surface area contributed by atoms with Crippen molar-refractivity contribution < 1.29 is 19.8 Å². The topological polar surface area (TPSA) is 94.0 Å². The lowest BCUT2D eigenvalue weighted by atomic mass is 9.90. The maximum Gasteiger partial charge on any atom is 0.354 e. The predicted molar refractivity (Wildman–Crippen MR) is 105 cm³/mol. The van der Waals surface area contributed by atoms with Gasteiger partial charge in [-0.3, -0.25) is 9.69 Å². The molecule has 1 aromatic rings. The van der Waals surface area contributed by atoms with Crippen LogP contribution in [-0.2, 0) is 9.59 Å². The van der Waals surface area contributed by atoms with Crippen molar-refractivity contribution in [1.29, 1.82) is 0 Å². The average molecular weight is 408 g/mol. The number of carbonyl (C=O) groups is 2. The number of aromatic nitrogens is 1. The normalized spacial score (nSPS) is 28.4. The largest absolute Gasteiger partial charge is 0.477 e. The number of thioether (sulfide) groups is 2. The highest BCUT2D eigenvalue weighted by Crippen LogP contribution is 2.55. The fourth-order valence-electron chi connectivity index (χ4n) is 3.72. The van der Waals surface area contributed by atoms with E-state index in [4.69, 9.17) is 0 Å². The second-order valence-corrected chi connectivity index (χ2v) is 9.52. The first-order valence-electron chi connectivity index (χ1n) is 8.99. The standard InChI is InChI=1S/C18H21N3O4S2/c1-2-11(22)13-15(23)21-14(17(24)25)18(27-16(13)21)26-10-6-8-20(9-10)12-5-3-4-7-19-12/h3-5,7,10-11,13,16,22H,2,6,8-9H2,1H3,(H,24,25). The summed E-state index contributed by atoms with van der Waals surface area (Å²) < 4.78 is 0.680. The minimum Gasteiger partial charge on any atom is -0.477 e. The quantitative estimate of drug-likeness (QED) is 0.691. The number of β-lactam (4-membered cyclic amide) rings is 1. The number of aliphatic carboxylic acids is 1. The number of amides is 1. The van der Waals surface area contributed by atoms with E-state index >= 15 is 0 Å². The predicted octanol–water partition coefficient (Wildman–Crippen LogP) is 1.95. The van der Waals surface area contributed by atoms with Crippen LogP contribution in [0.4, 0.5) is 5.82 Å². The molecule has 3 aliphatic heterocycles. The Kier molecular flexibility index (Phi) is 5.09. The molecule has 4 rings (SSSR count). The molecule has 9 heteroatoms. The van der Waals surface area contributed by atoms with Crippen molar-refractivity contribution in [2.24, 2.45) is 5.92 Å². The fraction of sp³-hybridized carbons (Fsp3) is 0.500. The molecule has 0 saturated carbocycles. The Balaban J connectivity index is 1.47. The lowest BCUT2D eigenvalue weighted by Crippen LogP contribution is -2.61. The number of anilines is 1. The molecule has 2 saturated heterocycles. The highest BCUT2D eigenvalue weighted by Gasteiger charge is 2.58. The zero-order chi connectivity index (χ0) is 19.1. The van der Waals surface area contributed by atoms with Gasteiger partial charge in [0.2, 0.25) is 5.91 Å². The summed E-state index contributed by atoms with van der Waals surface area (Å²) in [6.07, 6.45) is 2.45. The van der Waals surface area contributed by atoms with Crippen LogP contribution in [0.3, 0.4) is 0 Å². The van der Waals surface area contributed by atoms with E-state index in [1.54, 1.807) is 6.20 Å². The molecule has 27 heavy (non-hydrogen) atoms. The Labute approximate surface area is 165 Å². The number of carboxylic acid groups (broad SMARTS) is 1. The second kappa shape index (κ2) is 7.37. The summed E-state index contributed by atoms with van der Waals surface area (Å²) in [6.45, 7) is 3.49. The third kappa shape index (κ3) is 3.21. The van der Waals surface area contributed by atoms with Gasteiger partial charge in [0.25, 0.3) is 0 Å². The van der Waals surface area contributed by atoms with Gasteiger partial charge in [-0.25, -0.2) is 9.78 Å². The monoisotopic (exact) mass is 407 g/mol. The molecular formula is C18H21N3O4S2. The van der Waals surface area contributed by atoms with Gasteiger partial charge in [0, 0.05) is 24.5 Å². The van der Waals surface area contributed by atoms with Gasteiger partial charge in [-0.1, -0.05) is 24.8 Å². The Morgan fingerprint density at radius 3 is 2.96 bits per heavy atom. The van der Waals surface area contributed by atoms with Crippen LogP contribution in [0, 0.1) is 5.92 Å². The van der Waals surface area contributed by atoms with E-state index in [1.165, 1.54) is 28.4 Å². The third-order valence-electron chi connectivity index (χ3n) is 5.17. The molecule has 144 valence electrons. The van der Waals surface area contributed by atoms with Crippen LogP contribution in [-0.4, -0.2) is 61.8 Å². The summed E-state index contributed by atoms with van der Waals surface area (Å²) >= 11 is 2.95. The number of pyridine rings is 1. The lowest BCUT2D eigenvalue weighted by Gasteiger charge is -2.44. The number of carboxylic acids is 1. The molecule has 0 spiro atoms. The van der Waals surface area contributed by atoms with Crippen LogP contribution >= 0.6 is 23.5 Å². The van der Waals surface area contributed by atoms with Gasteiger partial charge in [-0.15, -0.1) is 11.8 Å². The smallest absolute Gasteiger partial charge is 0.354 e. The molecule has 0 radical (unpaired) electrons. The minimum absolute atomic E-state index is 0.0795. The number of carbonyl (C=O) groups excluding carboxylic acids is 1. The van der Waals surface area contributed by atoms with Crippen molar-refractivity contribution in [3.8, 4) is 0 Å². The first-order valence-corrected chi connectivity index (χ1v) is 10.7. The molecule has 0 bridgehead atoms.